The third-order valence-electron chi connectivity index (χ3n) is 2.89. The van der Waals surface area contributed by atoms with Gasteiger partial charge in [0.05, 0.1) is 0 Å². The minimum Gasteiger partial charge on any atom is -0.483 e. The molecule has 1 aromatic rings. The number of carbonyl (C=O) groups excluding carboxylic acids is 1. The van der Waals surface area contributed by atoms with Gasteiger partial charge in [0.25, 0.3) is 5.91 Å². The summed E-state index contributed by atoms with van der Waals surface area (Å²) in [5.74, 6) is 1.21. The molecule has 0 atom stereocenters. The number of rotatable bonds is 9. The second-order valence-electron chi connectivity index (χ2n) is 5.52. The summed E-state index contributed by atoms with van der Waals surface area (Å²) in [6, 6.07) is 6.00. The van der Waals surface area contributed by atoms with Gasteiger partial charge in [0.1, 0.15) is 5.75 Å². The van der Waals surface area contributed by atoms with E-state index in [1.807, 2.05) is 19.1 Å². The summed E-state index contributed by atoms with van der Waals surface area (Å²) < 4.78 is 5.62. The molecule has 0 saturated carbocycles. The highest BCUT2D eigenvalue weighted by Crippen LogP contribution is 2.20. The summed E-state index contributed by atoms with van der Waals surface area (Å²) >= 11 is 0. The van der Waals surface area contributed by atoms with Crippen LogP contribution in [0.1, 0.15) is 25.0 Å². The van der Waals surface area contributed by atoms with Crippen molar-refractivity contribution in [2.75, 3.05) is 19.7 Å². The number of carbonyl (C=O) groups is 1. The van der Waals surface area contributed by atoms with Gasteiger partial charge in [-0.25, -0.2) is 0 Å². The van der Waals surface area contributed by atoms with Gasteiger partial charge in [-0.05, 0) is 25.5 Å². The molecular weight excluding hydrogens is 264 g/mol. The lowest BCUT2D eigenvalue weighted by molar-refractivity contribution is -0.122. The van der Waals surface area contributed by atoms with Crippen molar-refractivity contribution < 1.29 is 9.53 Å². The van der Waals surface area contributed by atoms with Crippen LogP contribution in [0.4, 0.5) is 0 Å². The lowest BCUT2D eigenvalue weighted by atomic mass is 10.1. The monoisotopic (exact) mass is 290 g/mol. The summed E-state index contributed by atoms with van der Waals surface area (Å²) in [6.07, 6.45) is 1.64. The number of hydrogen-bond donors (Lipinski definition) is 2. The topological polar surface area (TPSA) is 50.4 Å². The fourth-order valence-corrected chi connectivity index (χ4v) is 1.86. The van der Waals surface area contributed by atoms with Crippen molar-refractivity contribution in [2.45, 2.75) is 27.3 Å². The van der Waals surface area contributed by atoms with Gasteiger partial charge in [-0.15, -0.1) is 6.58 Å². The Hall–Kier alpha value is -1.81. The minimum absolute atomic E-state index is 0.0219. The Morgan fingerprint density at radius 2 is 2.19 bits per heavy atom. The molecule has 1 aromatic carbocycles. The molecule has 2 N–H and O–H groups in total. The molecule has 0 radical (unpaired) electrons. The fourth-order valence-electron chi connectivity index (χ4n) is 1.86. The molecule has 116 valence electrons. The number of hydrogen-bond acceptors (Lipinski definition) is 3. The van der Waals surface area contributed by atoms with Gasteiger partial charge < -0.3 is 15.4 Å². The maximum atomic E-state index is 11.6. The highest BCUT2D eigenvalue weighted by atomic mass is 16.5. The van der Waals surface area contributed by atoms with E-state index in [-0.39, 0.29) is 12.5 Å². The second-order valence-corrected chi connectivity index (χ2v) is 5.52. The molecule has 0 spiro atoms. The number of nitrogens with one attached hydrogen (secondary N) is 2. The SMILES string of the molecule is C=CCNC(=O)COc1ccc(C)cc1CNCC(C)C. The molecule has 0 heterocycles. The maximum Gasteiger partial charge on any atom is 0.258 e. The summed E-state index contributed by atoms with van der Waals surface area (Å²) in [6.45, 7) is 12.1. The molecule has 21 heavy (non-hydrogen) atoms. The molecule has 0 unspecified atom stereocenters. The van der Waals surface area contributed by atoms with E-state index in [1.165, 1.54) is 5.56 Å². The van der Waals surface area contributed by atoms with Crippen molar-refractivity contribution in [3.8, 4) is 5.75 Å². The van der Waals surface area contributed by atoms with E-state index in [0.29, 0.717) is 12.5 Å². The number of aryl methyl sites for hydroxylation is 1. The largest absolute Gasteiger partial charge is 0.483 e. The smallest absolute Gasteiger partial charge is 0.258 e. The van der Waals surface area contributed by atoms with Gasteiger partial charge in [-0.2, -0.15) is 0 Å². The van der Waals surface area contributed by atoms with Gasteiger partial charge in [0.2, 0.25) is 0 Å². The lowest BCUT2D eigenvalue weighted by Gasteiger charge is -2.14. The number of amides is 1. The average molecular weight is 290 g/mol. The predicted molar refractivity (Wildman–Crippen MR) is 86.4 cm³/mol. The Balaban J connectivity index is 2.59. The van der Waals surface area contributed by atoms with Crippen LogP contribution in [-0.2, 0) is 11.3 Å². The van der Waals surface area contributed by atoms with E-state index in [4.69, 9.17) is 4.74 Å². The molecule has 0 aromatic heterocycles. The van der Waals surface area contributed by atoms with Crippen molar-refractivity contribution in [3.05, 3.63) is 42.0 Å². The molecule has 4 nitrogen and oxygen atoms in total. The molecule has 0 saturated heterocycles. The Morgan fingerprint density at radius 3 is 2.86 bits per heavy atom. The summed E-state index contributed by atoms with van der Waals surface area (Å²) in [4.78, 5) is 11.6. The summed E-state index contributed by atoms with van der Waals surface area (Å²) in [5, 5.41) is 6.09. The quantitative estimate of drug-likeness (QED) is 0.687. The summed E-state index contributed by atoms with van der Waals surface area (Å²) in [7, 11) is 0. The van der Waals surface area contributed by atoms with Crippen molar-refractivity contribution in [3.63, 3.8) is 0 Å². The van der Waals surface area contributed by atoms with Crippen molar-refractivity contribution >= 4 is 5.91 Å². The lowest BCUT2D eigenvalue weighted by Crippen LogP contribution is -2.29. The molecule has 0 fully saturated rings. The number of benzene rings is 1. The average Bonchev–Trinajstić information content (AvgIpc) is 2.43. The van der Waals surface area contributed by atoms with Gasteiger partial charge >= 0.3 is 0 Å². The van der Waals surface area contributed by atoms with Gasteiger partial charge in [0.15, 0.2) is 6.61 Å². The zero-order chi connectivity index (χ0) is 15.7. The van der Waals surface area contributed by atoms with Crippen LogP contribution < -0.4 is 15.4 Å². The van der Waals surface area contributed by atoms with Crippen LogP contribution in [0, 0.1) is 12.8 Å². The van der Waals surface area contributed by atoms with Crippen LogP contribution in [0.3, 0.4) is 0 Å². The fraction of sp³-hybridized carbons (Fsp3) is 0.471. The first kappa shape index (κ1) is 17.2. The van der Waals surface area contributed by atoms with Gasteiger partial charge in [0, 0.05) is 18.7 Å². The Bertz CT molecular complexity index is 470. The van der Waals surface area contributed by atoms with E-state index in [2.05, 4.69) is 37.1 Å². The van der Waals surface area contributed by atoms with E-state index in [0.717, 1.165) is 24.4 Å². The molecular formula is C17H26N2O2. The normalized spacial score (nSPS) is 10.5. The third kappa shape index (κ3) is 6.95. The number of ether oxygens (including phenoxy) is 1. The van der Waals surface area contributed by atoms with Crippen LogP contribution in [0.5, 0.6) is 5.75 Å². The molecule has 1 rings (SSSR count). The first-order valence-corrected chi connectivity index (χ1v) is 7.33. The highest BCUT2D eigenvalue weighted by Gasteiger charge is 2.07. The zero-order valence-electron chi connectivity index (χ0n) is 13.2. The van der Waals surface area contributed by atoms with Crippen LogP contribution in [0.2, 0.25) is 0 Å². The molecule has 4 heteroatoms. The van der Waals surface area contributed by atoms with Crippen LogP contribution in [0.15, 0.2) is 30.9 Å². The molecule has 0 aliphatic carbocycles. The molecule has 1 amide bonds. The van der Waals surface area contributed by atoms with Crippen molar-refractivity contribution in [2.24, 2.45) is 5.92 Å². The van der Waals surface area contributed by atoms with Gasteiger partial charge in [-0.1, -0.05) is 37.6 Å². The maximum absolute atomic E-state index is 11.6. The Kier molecular flexibility index (Phi) is 7.54. The van der Waals surface area contributed by atoms with E-state index < -0.39 is 0 Å². The van der Waals surface area contributed by atoms with Crippen LogP contribution in [-0.4, -0.2) is 25.6 Å². The van der Waals surface area contributed by atoms with Crippen LogP contribution in [0.25, 0.3) is 0 Å². The predicted octanol–water partition coefficient (Wildman–Crippen LogP) is 2.42. The van der Waals surface area contributed by atoms with E-state index in [9.17, 15) is 4.79 Å². The van der Waals surface area contributed by atoms with E-state index in [1.54, 1.807) is 6.08 Å². The Labute approximate surface area is 127 Å². The summed E-state index contributed by atoms with van der Waals surface area (Å²) in [5.41, 5.74) is 2.26. The van der Waals surface area contributed by atoms with Gasteiger partial charge in [-0.3, -0.25) is 4.79 Å². The van der Waals surface area contributed by atoms with Crippen LogP contribution >= 0.6 is 0 Å². The van der Waals surface area contributed by atoms with Crippen molar-refractivity contribution in [1.82, 2.24) is 10.6 Å². The van der Waals surface area contributed by atoms with Crippen molar-refractivity contribution in [1.29, 1.82) is 0 Å². The first-order valence-electron chi connectivity index (χ1n) is 7.33. The Morgan fingerprint density at radius 1 is 1.43 bits per heavy atom. The molecule has 0 aliphatic heterocycles. The second kappa shape index (κ2) is 9.19. The minimum atomic E-state index is -0.142. The third-order valence-corrected chi connectivity index (χ3v) is 2.89. The first-order chi connectivity index (χ1) is 10.0. The molecule has 0 bridgehead atoms. The highest BCUT2D eigenvalue weighted by molar-refractivity contribution is 5.77. The zero-order valence-corrected chi connectivity index (χ0v) is 13.2. The molecule has 0 aliphatic rings. The van der Waals surface area contributed by atoms with E-state index >= 15 is 0 Å². The standard InChI is InChI=1S/C17H26N2O2/c1-5-8-19-17(20)12-21-16-7-6-14(4)9-15(16)11-18-10-13(2)3/h5-7,9,13,18H,1,8,10-12H2,2-4H3,(H,19,20).